The molecule has 7 fully saturated rings. The molecule has 1 aromatic heterocycles. The number of carboxylic acids is 1. The van der Waals surface area contributed by atoms with Crippen molar-refractivity contribution in [1.82, 2.24) is 14.9 Å². The van der Waals surface area contributed by atoms with E-state index in [0.717, 1.165) is 82.5 Å². The zero-order valence-electron chi connectivity index (χ0n) is 37.2. The molecular formula is C51H76FN3O5. The fourth-order valence-corrected chi connectivity index (χ4v) is 15.3. The lowest BCUT2D eigenvalue weighted by Crippen LogP contribution is -2.66. The number of aromatic amines is 1. The number of hydrogen-bond donors (Lipinski definition) is 2. The lowest BCUT2D eigenvalue weighted by molar-refractivity contribution is -0.236. The molecule has 6 saturated carbocycles. The number of aromatic nitrogens is 2. The number of imidazole rings is 1. The van der Waals surface area contributed by atoms with Gasteiger partial charge in [-0.1, -0.05) is 81.4 Å². The van der Waals surface area contributed by atoms with Crippen molar-refractivity contribution in [1.29, 1.82) is 0 Å². The van der Waals surface area contributed by atoms with Crippen LogP contribution in [0.1, 0.15) is 165 Å². The van der Waals surface area contributed by atoms with E-state index < -0.39 is 11.9 Å². The quantitative estimate of drug-likeness (QED) is 0.280. The number of ether oxygens (including phenoxy) is 1. The molecule has 2 N–H and O–H groups in total. The third-order valence-electron chi connectivity index (χ3n) is 18.6. The highest BCUT2D eigenvalue weighted by atomic mass is 19.1. The molecule has 13 unspecified atom stereocenters. The molecule has 332 valence electrons. The first-order valence-electron chi connectivity index (χ1n) is 23.5. The lowest BCUT2D eigenvalue weighted by atomic mass is 9.33. The number of hydrogen-bond acceptors (Lipinski definition) is 5. The first-order valence-corrected chi connectivity index (χ1v) is 23.5. The van der Waals surface area contributed by atoms with Crippen LogP contribution >= 0.6 is 0 Å². The predicted molar refractivity (Wildman–Crippen MR) is 234 cm³/mol. The van der Waals surface area contributed by atoms with Gasteiger partial charge in [-0.15, -0.1) is 0 Å². The van der Waals surface area contributed by atoms with Gasteiger partial charge in [-0.25, -0.2) is 9.37 Å². The summed E-state index contributed by atoms with van der Waals surface area (Å²) in [4.78, 5) is 50.3. The van der Waals surface area contributed by atoms with Crippen molar-refractivity contribution in [3.63, 3.8) is 0 Å². The maximum Gasteiger partial charge on any atom is 0.309 e. The van der Waals surface area contributed by atoms with Gasteiger partial charge in [-0.05, 0) is 153 Å². The van der Waals surface area contributed by atoms with E-state index in [1.165, 1.54) is 25.3 Å². The standard InChI is InChI=1S/C46H62FN3O5.C4H10.CH4/c1-26-29(40(51)52)24-30(26)41(53)55-37-17-19-43(3)31(27(37)2)16-20-45(5)38(43)15-14-32-33-11-8-18-46(33,22-21-44(32,45)4)42(54)50-23-9-13-36(50)39-48-25-35(49-39)28-10-6-7-12-34(28)47;1-4(2)3;/h6-7,10,12,25-27,29-33,36-38H,8-9,11,13-24H2,1-5H3,(H,48,49)(H,51,52);4H,1-3H3;1H4/t26?,27?,29?,30?,31?,32?,33?,36?,37?,38?,43?,44-,45?,46?;;/m1../s1. The number of halogens is 1. The van der Waals surface area contributed by atoms with Gasteiger partial charge in [0.05, 0.1) is 35.2 Å². The van der Waals surface area contributed by atoms with Gasteiger partial charge in [-0.3, -0.25) is 14.4 Å². The van der Waals surface area contributed by atoms with Crippen LogP contribution in [-0.2, 0) is 19.1 Å². The fraction of sp³-hybridized carbons (Fsp3) is 0.765. The second kappa shape index (κ2) is 16.5. The van der Waals surface area contributed by atoms with Crippen molar-refractivity contribution in [2.45, 2.75) is 165 Å². The van der Waals surface area contributed by atoms with E-state index in [2.05, 4.69) is 58.4 Å². The van der Waals surface area contributed by atoms with Crippen molar-refractivity contribution >= 4 is 17.8 Å². The number of nitrogens with zero attached hydrogens (tertiary/aromatic N) is 2. The molecule has 0 bridgehead atoms. The molecule has 2 heterocycles. The van der Waals surface area contributed by atoms with Crippen LogP contribution in [0.4, 0.5) is 4.39 Å². The highest BCUT2D eigenvalue weighted by molar-refractivity contribution is 5.84. The summed E-state index contributed by atoms with van der Waals surface area (Å²) in [7, 11) is 0. The number of esters is 1. The van der Waals surface area contributed by atoms with Crippen molar-refractivity contribution in [2.75, 3.05) is 6.54 Å². The molecule has 7 aliphatic rings. The van der Waals surface area contributed by atoms with Gasteiger partial charge in [0.1, 0.15) is 17.7 Å². The summed E-state index contributed by atoms with van der Waals surface area (Å²) in [5.41, 5.74) is 1.38. The Morgan fingerprint density at radius 1 is 0.850 bits per heavy atom. The highest BCUT2D eigenvalue weighted by Crippen LogP contribution is 2.76. The Kier molecular flexibility index (Phi) is 12.3. The van der Waals surface area contributed by atoms with Gasteiger partial charge < -0.3 is 19.7 Å². The number of nitrogens with one attached hydrogen (secondary N) is 1. The molecule has 9 heteroatoms. The number of carboxylic acid groups (broad SMARTS) is 1. The van der Waals surface area contributed by atoms with E-state index in [-0.39, 0.29) is 70.8 Å². The highest BCUT2D eigenvalue weighted by Gasteiger charge is 2.70. The van der Waals surface area contributed by atoms with Gasteiger partial charge in [0.15, 0.2) is 0 Å². The number of aliphatic carboxylic acids is 1. The summed E-state index contributed by atoms with van der Waals surface area (Å²) in [5.74, 6) is 2.07. The molecule has 1 aromatic carbocycles. The van der Waals surface area contributed by atoms with Crippen LogP contribution in [0.3, 0.4) is 0 Å². The van der Waals surface area contributed by atoms with E-state index in [4.69, 9.17) is 9.72 Å². The summed E-state index contributed by atoms with van der Waals surface area (Å²) in [5, 5.41) is 9.46. The zero-order valence-corrected chi connectivity index (χ0v) is 37.2. The predicted octanol–water partition coefficient (Wildman–Crippen LogP) is 11.9. The smallest absolute Gasteiger partial charge is 0.309 e. The van der Waals surface area contributed by atoms with Gasteiger partial charge >= 0.3 is 11.9 Å². The molecule has 60 heavy (non-hydrogen) atoms. The minimum atomic E-state index is -0.807. The van der Waals surface area contributed by atoms with Crippen LogP contribution in [0.25, 0.3) is 11.3 Å². The Hall–Kier alpha value is -3.23. The number of carbonyl (C=O) groups is 3. The number of carbonyl (C=O) groups excluding carboxylic acids is 2. The molecule has 1 saturated heterocycles. The third kappa shape index (κ3) is 6.97. The van der Waals surface area contributed by atoms with E-state index in [1.807, 2.05) is 13.0 Å². The summed E-state index contributed by atoms with van der Waals surface area (Å²) in [6.07, 6.45) is 15.8. The molecule has 1 aliphatic heterocycles. The van der Waals surface area contributed by atoms with E-state index in [9.17, 15) is 19.1 Å². The molecule has 14 atom stereocenters. The molecule has 1 amide bonds. The van der Waals surface area contributed by atoms with Gasteiger partial charge in [0.2, 0.25) is 5.91 Å². The SMILES string of the molecule is C.CC(C)C.CC1C(C(=O)O)CC1C(=O)OC1CCC2(C)C(CCC3(C)C2CCC2C4CCCC4(C(=O)N4CCCC4c4ncc(-c5ccccc5F)[nH]4)CC[C@]23C)C1C. The number of amides is 1. The van der Waals surface area contributed by atoms with Gasteiger partial charge in [0.25, 0.3) is 0 Å². The maximum atomic E-state index is 15.1. The second-order valence-corrected chi connectivity index (χ2v) is 21.9. The maximum absolute atomic E-state index is 15.1. The first kappa shape index (κ1) is 44.8. The number of fused-ring (bicyclic) bond motifs is 7. The fourth-order valence-electron chi connectivity index (χ4n) is 15.3. The van der Waals surface area contributed by atoms with Crippen molar-refractivity contribution < 1.29 is 28.6 Å². The van der Waals surface area contributed by atoms with Gasteiger partial charge in [0, 0.05) is 12.1 Å². The van der Waals surface area contributed by atoms with Crippen LogP contribution in [0.15, 0.2) is 30.5 Å². The topological polar surface area (TPSA) is 113 Å². The van der Waals surface area contributed by atoms with E-state index in [0.29, 0.717) is 47.3 Å². The Morgan fingerprint density at radius 3 is 2.28 bits per heavy atom. The summed E-state index contributed by atoms with van der Waals surface area (Å²) in [6, 6.07) is 6.68. The molecule has 0 spiro atoms. The first-order chi connectivity index (χ1) is 28.0. The number of rotatable bonds is 6. The molecule has 2 aromatic rings. The van der Waals surface area contributed by atoms with E-state index >= 15 is 4.79 Å². The molecule has 0 radical (unpaired) electrons. The number of benzene rings is 1. The second-order valence-electron chi connectivity index (χ2n) is 21.9. The molecule has 8 nitrogen and oxygen atoms in total. The van der Waals surface area contributed by atoms with Crippen LogP contribution < -0.4 is 0 Å². The zero-order chi connectivity index (χ0) is 42.2. The molecule has 9 rings (SSSR count). The van der Waals surface area contributed by atoms with Crippen LogP contribution in [0, 0.1) is 80.7 Å². The van der Waals surface area contributed by atoms with Crippen molar-refractivity contribution in [2.24, 2.45) is 74.9 Å². The van der Waals surface area contributed by atoms with Gasteiger partial charge in [-0.2, -0.15) is 0 Å². The van der Waals surface area contributed by atoms with Crippen LogP contribution in [-0.4, -0.2) is 50.5 Å². The summed E-state index contributed by atoms with van der Waals surface area (Å²) in [6.45, 7) is 19.3. The van der Waals surface area contributed by atoms with E-state index in [1.54, 1.807) is 18.3 Å². The monoisotopic (exact) mass is 830 g/mol. The van der Waals surface area contributed by atoms with Crippen molar-refractivity contribution in [3.05, 3.63) is 42.1 Å². The molecule has 6 aliphatic carbocycles. The van der Waals surface area contributed by atoms with Crippen LogP contribution in [0.2, 0.25) is 0 Å². The minimum Gasteiger partial charge on any atom is -0.481 e. The summed E-state index contributed by atoms with van der Waals surface area (Å²) < 4.78 is 20.9. The average Bonchev–Trinajstić information content (AvgIpc) is 3.96. The summed E-state index contributed by atoms with van der Waals surface area (Å²) >= 11 is 0. The largest absolute Gasteiger partial charge is 0.481 e. The normalized spacial score (nSPS) is 41.6. The average molecular weight is 830 g/mol. The number of H-pyrrole nitrogens is 1. The van der Waals surface area contributed by atoms with Crippen molar-refractivity contribution in [3.8, 4) is 11.3 Å². The Bertz CT molecular complexity index is 1910. The molecular weight excluding hydrogens is 754 g/mol. The minimum absolute atomic E-state index is 0. The Morgan fingerprint density at radius 2 is 1.58 bits per heavy atom. The van der Waals surface area contributed by atoms with Crippen LogP contribution in [0.5, 0.6) is 0 Å². The Balaban J connectivity index is 0.00000104. The number of likely N-dealkylation sites (tertiary alicyclic amines) is 1. The third-order valence-corrected chi connectivity index (χ3v) is 18.6. The lowest BCUT2D eigenvalue weighted by Gasteiger charge is -2.71. The Labute approximate surface area is 360 Å².